The molecule has 90 valence electrons. The van der Waals surface area contributed by atoms with E-state index in [2.05, 4.69) is 32.0 Å². The van der Waals surface area contributed by atoms with Gasteiger partial charge in [-0.05, 0) is 48.6 Å². The molecule has 0 amide bonds. The van der Waals surface area contributed by atoms with Crippen molar-refractivity contribution < 1.29 is 4.79 Å². The van der Waals surface area contributed by atoms with Crippen molar-refractivity contribution in [2.45, 2.75) is 51.4 Å². The lowest BCUT2D eigenvalue weighted by molar-refractivity contribution is -0.123. The normalized spacial score (nSPS) is 31.9. The van der Waals surface area contributed by atoms with Gasteiger partial charge in [0.15, 0.2) is 0 Å². The molecule has 0 aliphatic heterocycles. The number of carbonyl (C=O) groups is 1. The number of hydrogen-bond acceptors (Lipinski definition) is 1. The van der Waals surface area contributed by atoms with Crippen LogP contribution in [0.4, 0.5) is 0 Å². The molecule has 1 saturated carbocycles. The van der Waals surface area contributed by atoms with E-state index >= 15 is 0 Å². The fourth-order valence-electron chi connectivity index (χ4n) is 3.80. The van der Waals surface area contributed by atoms with Crippen LogP contribution in [-0.2, 0) is 16.6 Å². The lowest BCUT2D eigenvalue weighted by Gasteiger charge is -2.46. The Balaban J connectivity index is 2.07. The van der Waals surface area contributed by atoms with Crippen LogP contribution in [0.25, 0.3) is 0 Å². The topological polar surface area (TPSA) is 17.1 Å². The average Bonchev–Trinajstić information content (AvgIpc) is 2.30. The van der Waals surface area contributed by atoms with E-state index in [4.69, 9.17) is 0 Å². The number of carbonyl (C=O) groups excluding carboxylic acids is 1. The third-order valence-electron chi connectivity index (χ3n) is 4.94. The molecule has 0 saturated heterocycles. The highest BCUT2D eigenvalue weighted by molar-refractivity contribution is 5.80. The van der Waals surface area contributed by atoms with E-state index in [9.17, 15) is 4.79 Å². The van der Waals surface area contributed by atoms with Crippen LogP contribution in [0.5, 0.6) is 0 Å². The van der Waals surface area contributed by atoms with Gasteiger partial charge in [0.2, 0.25) is 0 Å². The lowest BCUT2D eigenvalue weighted by Crippen LogP contribution is -2.41. The number of hydrogen-bond donors (Lipinski definition) is 0. The first-order valence-corrected chi connectivity index (χ1v) is 6.71. The monoisotopic (exact) mass is 228 g/mol. The van der Waals surface area contributed by atoms with Crippen LogP contribution in [0, 0.1) is 12.8 Å². The van der Waals surface area contributed by atoms with Crippen LogP contribution < -0.4 is 0 Å². The second-order valence-corrected chi connectivity index (χ2v) is 6.06. The Bertz CT molecular complexity index is 474. The highest BCUT2D eigenvalue weighted by atomic mass is 16.1. The zero-order valence-electron chi connectivity index (χ0n) is 10.8. The van der Waals surface area contributed by atoms with E-state index < -0.39 is 0 Å². The first-order valence-electron chi connectivity index (χ1n) is 6.71. The number of Topliss-reactive ketones (excluding diaryl/α,β-unsaturated/α-hetero) is 1. The lowest BCUT2D eigenvalue weighted by atomic mass is 9.58. The Hall–Kier alpha value is -1.11. The fraction of sp³-hybridized carbons (Fsp3) is 0.562. The first kappa shape index (κ1) is 11.0. The molecule has 1 fully saturated rings. The van der Waals surface area contributed by atoms with E-state index in [-0.39, 0.29) is 5.41 Å². The summed E-state index contributed by atoms with van der Waals surface area (Å²) in [5.41, 5.74) is 4.66. The molecule has 17 heavy (non-hydrogen) atoms. The van der Waals surface area contributed by atoms with Crippen molar-refractivity contribution in [1.82, 2.24) is 0 Å². The molecule has 2 atom stereocenters. The summed E-state index contributed by atoms with van der Waals surface area (Å²) >= 11 is 0. The zero-order chi connectivity index (χ0) is 12.0. The Labute approximate surface area is 103 Å². The molecule has 0 spiro atoms. The van der Waals surface area contributed by atoms with E-state index in [1.807, 2.05) is 0 Å². The Morgan fingerprint density at radius 3 is 2.94 bits per heavy atom. The van der Waals surface area contributed by atoms with Crippen molar-refractivity contribution in [1.29, 1.82) is 0 Å². The Morgan fingerprint density at radius 1 is 1.29 bits per heavy atom. The quantitative estimate of drug-likeness (QED) is 0.663. The summed E-state index contributed by atoms with van der Waals surface area (Å²) in [4.78, 5) is 11.6. The van der Waals surface area contributed by atoms with Crippen molar-refractivity contribution in [2.24, 2.45) is 5.92 Å². The van der Waals surface area contributed by atoms with Crippen LogP contribution in [-0.4, -0.2) is 5.78 Å². The maximum atomic E-state index is 11.6. The van der Waals surface area contributed by atoms with Crippen LogP contribution in [0.15, 0.2) is 18.2 Å². The van der Waals surface area contributed by atoms with Gasteiger partial charge >= 0.3 is 0 Å². The second-order valence-electron chi connectivity index (χ2n) is 6.06. The zero-order valence-corrected chi connectivity index (χ0v) is 10.8. The minimum Gasteiger partial charge on any atom is -0.300 e. The number of fused-ring (bicyclic) bond motifs is 3. The van der Waals surface area contributed by atoms with Gasteiger partial charge in [-0.2, -0.15) is 0 Å². The molecule has 2 aliphatic rings. The van der Waals surface area contributed by atoms with Crippen molar-refractivity contribution in [3.63, 3.8) is 0 Å². The molecule has 1 unspecified atom stereocenters. The van der Waals surface area contributed by atoms with Gasteiger partial charge in [0.25, 0.3) is 0 Å². The third kappa shape index (κ3) is 1.64. The SMILES string of the molecule is Cc1ccc2c(c1)CCC1CC(=O)CC[C@]21C. The molecule has 1 aromatic carbocycles. The molecule has 0 N–H and O–H groups in total. The van der Waals surface area contributed by atoms with Gasteiger partial charge in [0.1, 0.15) is 5.78 Å². The molecule has 3 rings (SSSR count). The van der Waals surface area contributed by atoms with Crippen LogP contribution >= 0.6 is 0 Å². The van der Waals surface area contributed by atoms with E-state index in [0.29, 0.717) is 11.7 Å². The number of rotatable bonds is 0. The summed E-state index contributed by atoms with van der Waals surface area (Å²) in [6, 6.07) is 6.88. The number of aryl methyl sites for hydroxylation is 2. The van der Waals surface area contributed by atoms with Crippen LogP contribution in [0.3, 0.4) is 0 Å². The highest BCUT2D eigenvalue weighted by Gasteiger charge is 2.43. The highest BCUT2D eigenvalue weighted by Crippen LogP contribution is 2.48. The molecule has 0 radical (unpaired) electrons. The van der Waals surface area contributed by atoms with Gasteiger partial charge < -0.3 is 0 Å². The predicted octanol–water partition coefficient (Wildman–Crippen LogP) is 3.57. The summed E-state index contributed by atoms with van der Waals surface area (Å²) in [6.07, 6.45) is 4.99. The standard InChI is InChI=1S/C16H20O/c1-11-3-6-15-12(9-11)4-5-13-10-14(17)7-8-16(13,15)2/h3,6,9,13H,4-5,7-8,10H2,1-2H3/t13?,16-/m0/s1. The first-order chi connectivity index (χ1) is 8.09. The minimum absolute atomic E-state index is 0.259. The van der Waals surface area contributed by atoms with Crippen molar-refractivity contribution in [2.75, 3.05) is 0 Å². The van der Waals surface area contributed by atoms with Crippen molar-refractivity contribution in [3.8, 4) is 0 Å². The number of benzene rings is 1. The predicted molar refractivity (Wildman–Crippen MR) is 69.2 cm³/mol. The average molecular weight is 228 g/mol. The molecule has 1 heteroatoms. The van der Waals surface area contributed by atoms with Gasteiger partial charge in [-0.15, -0.1) is 0 Å². The van der Waals surface area contributed by atoms with Crippen LogP contribution in [0.1, 0.15) is 49.3 Å². The third-order valence-corrected chi connectivity index (χ3v) is 4.94. The van der Waals surface area contributed by atoms with E-state index in [0.717, 1.165) is 25.7 Å². The maximum absolute atomic E-state index is 11.6. The smallest absolute Gasteiger partial charge is 0.133 e. The number of ketones is 1. The molecule has 0 bridgehead atoms. The minimum atomic E-state index is 0.259. The molecule has 0 aromatic heterocycles. The van der Waals surface area contributed by atoms with Crippen molar-refractivity contribution >= 4 is 5.78 Å². The summed E-state index contributed by atoms with van der Waals surface area (Å²) in [6.45, 7) is 4.54. The summed E-state index contributed by atoms with van der Waals surface area (Å²) in [7, 11) is 0. The van der Waals surface area contributed by atoms with E-state index in [1.54, 1.807) is 0 Å². The van der Waals surface area contributed by atoms with Gasteiger partial charge in [0.05, 0.1) is 0 Å². The summed E-state index contributed by atoms with van der Waals surface area (Å²) in [5.74, 6) is 1.06. The van der Waals surface area contributed by atoms with Gasteiger partial charge in [-0.3, -0.25) is 4.79 Å². The molecule has 0 heterocycles. The maximum Gasteiger partial charge on any atom is 0.133 e. The Kier molecular flexibility index (Phi) is 2.39. The molecule has 2 aliphatic carbocycles. The van der Waals surface area contributed by atoms with Gasteiger partial charge in [0, 0.05) is 12.8 Å². The van der Waals surface area contributed by atoms with Gasteiger partial charge in [-0.1, -0.05) is 30.7 Å². The van der Waals surface area contributed by atoms with E-state index in [1.165, 1.54) is 23.1 Å². The molecule has 1 aromatic rings. The summed E-state index contributed by atoms with van der Waals surface area (Å²) < 4.78 is 0. The van der Waals surface area contributed by atoms with Gasteiger partial charge in [-0.25, -0.2) is 0 Å². The molecular formula is C16H20O. The van der Waals surface area contributed by atoms with Crippen LogP contribution in [0.2, 0.25) is 0 Å². The molecular weight excluding hydrogens is 208 g/mol. The van der Waals surface area contributed by atoms with Crippen molar-refractivity contribution in [3.05, 3.63) is 34.9 Å². The second kappa shape index (κ2) is 3.69. The molecule has 1 nitrogen and oxygen atoms in total. The largest absolute Gasteiger partial charge is 0.300 e. The Morgan fingerprint density at radius 2 is 2.12 bits per heavy atom. The fourth-order valence-corrected chi connectivity index (χ4v) is 3.80. The summed E-state index contributed by atoms with van der Waals surface area (Å²) in [5, 5.41) is 0.